The monoisotopic (exact) mass is 487 g/mol. The number of halogens is 2. The van der Waals surface area contributed by atoms with Gasteiger partial charge in [-0.25, -0.2) is 8.78 Å². The minimum atomic E-state index is -1.20. The first-order valence-electron chi connectivity index (χ1n) is 10.8. The lowest BCUT2D eigenvalue weighted by Gasteiger charge is -2.22. The van der Waals surface area contributed by atoms with Crippen LogP contribution in [0.3, 0.4) is 0 Å². The Morgan fingerprint density at radius 1 is 1.09 bits per heavy atom. The van der Waals surface area contributed by atoms with Crippen molar-refractivity contribution in [3.63, 3.8) is 0 Å². The van der Waals surface area contributed by atoms with Crippen LogP contribution < -0.4 is 16.2 Å². The van der Waals surface area contributed by atoms with Crippen molar-refractivity contribution in [2.75, 3.05) is 12.4 Å². The number of H-pyrrole nitrogens is 1. The molecule has 0 spiro atoms. The number of benzene rings is 2. The minimum Gasteiger partial charge on any atom is -0.383 e. The molecule has 8 nitrogen and oxygen atoms in total. The largest absolute Gasteiger partial charge is 0.383 e. The van der Waals surface area contributed by atoms with Crippen molar-refractivity contribution in [3.8, 4) is 0 Å². The van der Waals surface area contributed by atoms with E-state index in [4.69, 9.17) is 9.26 Å². The van der Waals surface area contributed by atoms with Crippen molar-refractivity contribution in [2.45, 2.75) is 45.3 Å². The molecule has 0 aliphatic heterocycles. The van der Waals surface area contributed by atoms with Crippen LogP contribution in [0.2, 0.25) is 0 Å². The molecule has 0 aliphatic carbocycles. The van der Waals surface area contributed by atoms with E-state index in [0.29, 0.717) is 12.2 Å². The van der Waals surface area contributed by atoms with Crippen molar-refractivity contribution >= 4 is 17.5 Å². The van der Waals surface area contributed by atoms with Crippen LogP contribution in [0.25, 0.3) is 0 Å². The van der Waals surface area contributed by atoms with Crippen LogP contribution in [0.5, 0.6) is 0 Å². The molecule has 3 aromatic rings. The Balaban J connectivity index is 1.86. The normalized spacial score (nSPS) is 12.3. The number of nitrogens with one attached hydrogen (secondary N) is 3. The van der Waals surface area contributed by atoms with Gasteiger partial charge in [-0.2, -0.15) is 5.16 Å². The molecule has 186 valence electrons. The summed E-state index contributed by atoms with van der Waals surface area (Å²) in [5.41, 5.74) is -0.188. The highest BCUT2D eigenvalue weighted by Crippen LogP contribution is 2.30. The standard InChI is InChI=1S/C25H27F2N3O5/c1-25(2,3)22-18(26)9-16(10-19(22)27)28-24(33)23(15-7-5-14(6-8-15)13-34-4)29-20(31)11-17-12-21(32)30-35-17/h5-10,12,23H,11,13H2,1-4H3,(H,28,33)(H,29,31)(H,30,32)/t23-/m1/s1. The maximum atomic E-state index is 14.6. The third-order valence-electron chi connectivity index (χ3n) is 5.16. The van der Waals surface area contributed by atoms with E-state index in [1.807, 2.05) is 0 Å². The second-order valence-electron chi connectivity index (χ2n) is 9.09. The highest BCUT2D eigenvalue weighted by atomic mass is 19.1. The number of ether oxygens (including phenoxy) is 1. The van der Waals surface area contributed by atoms with Gasteiger partial charge in [0.15, 0.2) is 0 Å². The van der Waals surface area contributed by atoms with Gasteiger partial charge in [-0.05, 0) is 28.7 Å². The predicted molar refractivity (Wildman–Crippen MR) is 125 cm³/mol. The van der Waals surface area contributed by atoms with Gasteiger partial charge < -0.3 is 19.9 Å². The number of methoxy groups -OCH3 is 1. The highest BCUT2D eigenvalue weighted by Gasteiger charge is 2.27. The molecule has 0 unspecified atom stereocenters. The van der Waals surface area contributed by atoms with Crippen molar-refractivity contribution in [1.82, 2.24) is 10.5 Å². The van der Waals surface area contributed by atoms with E-state index >= 15 is 0 Å². The summed E-state index contributed by atoms with van der Waals surface area (Å²) in [5.74, 6) is -2.81. The summed E-state index contributed by atoms with van der Waals surface area (Å²) in [6, 6.07) is 8.74. The smallest absolute Gasteiger partial charge is 0.280 e. The van der Waals surface area contributed by atoms with Crippen molar-refractivity contribution in [3.05, 3.63) is 86.9 Å². The zero-order chi connectivity index (χ0) is 25.8. The molecule has 0 fully saturated rings. The van der Waals surface area contributed by atoms with Gasteiger partial charge in [-0.3, -0.25) is 14.4 Å². The molecule has 0 aliphatic rings. The van der Waals surface area contributed by atoms with Crippen LogP contribution in [-0.4, -0.2) is 24.1 Å². The number of rotatable bonds is 8. The Labute approximate surface area is 200 Å². The maximum absolute atomic E-state index is 14.6. The van der Waals surface area contributed by atoms with Crippen molar-refractivity contribution < 1.29 is 27.6 Å². The molecule has 2 aromatic carbocycles. The fraction of sp³-hybridized carbons (Fsp3) is 0.320. The zero-order valence-electron chi connectivity index (χ0n) is 19.8. The molecule has 1 heterocycles. The number of carbonyl (C=O) groups is 2. The van der Waals surface area contributed by atoms with Crippen molar-refractivity contribution in [2.24, 2.45) is 0 Å². The SMILES string of the molecule is COCc1ccc([C@@H](NC(=O)Cc2cc(=O)[nH]o2)C(=O)Nc2cc(F)c(C(C)(C)C)c(F)c2)cc1. The molecule has 0 saturated carbocycles. The zero-order valence-corrected chi connectivity index (χ0v) is 19.8. The quantitative estimate of drug-likeness (QED) is 0.448. The van der Waals surface area contributed by atoms with E-state index in [9.17, 15) is 23.2 Å². The first-order valence-corrected chi connectivity index (χ1v) is 10.8. The summed E-state index contributed by atoms with van der Waals surface area (Å²) in [5, 5.41) is 7.14. The summed E-state index contributed by atoms with van der Waals surface area (Å²) in [7, 11) is 1.55. The average molecular weight is 488 g/mol. The van der Waals surface area contributed by atoms with Crippen LogP contribution in [0, 0.1) is 11.6 Å². The van der Waals surface area contributed by atoms with Crippen LogP contribution >= 0.6 is 0 Å². The molecule has 1 atom stereocenters. The number of carbonyl (C=O) groups excluding carboxylic acids is 2. The van der Waals surface area contributed by atoms with E-state index in [1.54, 1.807) is 52.1 Å². The molecule has 35 heavy (non-hydrogen) atoms. The predicted octanol–water partition coefficient (Wildman–Crippen LogP) is 3.73. The van der Waals surface area contributed by atoms with E-state index < -0.39 is 40.5 Å². The number of hydrogen-bond donors (Lipinski definition) is 3. The maximum Gasteiger partial charge on any atom is 0.280 e. The second-order valence-corrected chi connectivity index (χ2v) is 9.09. The summed E-state index contributed by atoms with van der Waals surface area (Å²) < 4.78 is 39.3. The average Bonchev–Trinajstić information content (AvgIpc) is 3.15. The van der Waals surface area contributed by atoms with Crippen LogP contribution in [0.15, 0.2) is 51.8 Å². The van der Waals surface area contributed by atoms with Gasteiger partial charge in [0, 0.05) is 24.4 Å². The third kappa shape index (κ3) is 6.63. The van der Waals surface area contributed by atoms with Gasteiger partial charge in [0.2, 0.25) is 5.91 Å². The van der Waals surface area contributed by atoms with Gasteiger partial charge in [-0.1, -0.05) is 45.0 Å². The summed E-state index contributed by atoms with van der Waals surface area (Å²) in [4.78, 5) is 37.0. The highest BCUT2D eigenvalue weighted by molar-refractivity contribution is 5.98. The topological polar surface area (TPSA) is 113 Å². The van der Waals surface area contributed by atoms with Gasteiger partial charge in [0.1, 0.15) is 23.4 Å². The molecule has 3 rings (SSSR count). The molecule has 1 aromatic heterocycles. The van der Waals surface area contributed by atoms with Gasteiger partial charge in [0.25, 0.3) is 11.5 Å². The van der Waals surface area contributed by atoms with Crippen molar-refractivity contribution in [1.29, 1.82) is 0 Å². The molecule has 3 N–H and O–H groups in total. The van der Waals surface area contributed by atoms with Crippen LogP contribution in [-0.2, 0) is 32.8 Å². The second kappa shape index (κ2) is 10.6. The molecule has 10 heteroatoms. The van der Waals surface area contributed by atoms with Crippen LogP contribution in [0.4, 0.5) is 14.5 Å². The Hall–Kier alpha value is -3.79. The molecule has 0 saturated heterocycles. The van der Waals surface area contributed by atoms with Gasteiger partial charge in [-0.15, -0.1) is 0 Å². The Bertz CT molecular complexity index is 1240. The summed E-state index contributed by atoms with van der Waals surface area (Å²) >= 11 is 0. The number of aromatic nitrogens is 1. The molecular formula is C25H27F2N3O5. The lowest BCUT2D eigenvalue weighted by molar-refractivity contribution is -0.126. The van der Waals surface area contributed by atoms with Crippen LogP contribution in [0.1, 0.15) is 49.3 Å². The summed E-state index contributed by atoms with van der Waals surface area (Å²) in [6.45, 7) is 5.39. The molecular weight excluding hydrogens is 460 g/mol. The Morgan fingerprint density at radius 2 is 1.71 bits per heavy atom. The molecule has 0 bridgehead atoms. The lowest BCUT2D eigenvalue weighted by atomic mass is 9.86. The van der Waals surface area contributed by atoms with Gasteiger partial charge in [0.05, 0.1) is 13.0 Å². The molecule has 2 amide bonds. The van der Waals surface area contributed by atoms with E-state index in [1.165, 1.54) is 0 Å². The fourth-order valence-corrected chi connectivity index (χ4v) is 3.63. The first kappa shape index (κ1) is 25.8. The Morgan fingerprint density at radius 3 is 2.23 bits per heavy atom. The number of anilines is 1. The molecule has 0 radical (unpaired) electrons. The minimum absolute atomic E-state index is 0.0870. The van der Waals surface area contributed by atoms with E-state index in [0.717, 1.165) is 23.8 Å². The van der Waals surface area contributed by atoms with E-state index in [-0.39, 0.29) is 23.4 Å². The number of aromatic amines is 1. The summed E-state index contributed by atoms with van der Waals surface area (Å²) in [6.07, 6.45) is -0.298. The lowest BCUT2D eigenvalue weighted by Crippen LogP contribution is -2.37. The number of amides is 2. The fourth-order valence-electron chi connectivity index (χ4n) is 3.63. The first-order chi connectivity index (χ1) is 16.5. The van der Waals surface area contributed by atoms with E-state index in [2.05, 4.69) is 15.8 Å². The van der Waals surface area contributed by atoms with Gasteiger partial charge >= 0.3 is 0 Å². The third-order valence-corrected chi connectivity index (χ3v) is 5.16. The number of hydrogen-bond acceptors (Lipinski definition) is 5. The Kier molecular flexibility index (Phi) is 7.85.